The summed E-state index contributed by atoms with van der Waals surface area (Å²) in [6.45, 7) is 4.95. The van der Waals surface area contributed by atoms with Gasteiger partial charge in [0.2, 0.25) is 0 Å². The van der Waals surface area contributed by atoms with Gasteiger partial charge in [-0.05, 0) is 51.5 Å². The van der Waals surface area contributed by atoms with Crippen molar-refractivity contribution in [3.8, 4) is 0 Å². The lowest BCUT2D eigenvalue weighted by atomic mass is 10.2. The number of rotatable bonds is 9. The molecule has 0 aliphatic carbocycles. The summed E-state index contributed by atoms with van der Waals surface area (Å²) in [5.74, 6) is -1.12. The van der Waals surface area contributed by atoms with E-state index < -0.39 is 35.1 Å². The van der Waals surface area contributed by atoms with Crippen molar-refractivity contribution in [3.63, 3.8) is 0 Å². The standard InChI is InChI=1S/C24H27ClF2N6O4/c1-24(2,3)37-23(36)29-18-7-9-32(21(34)11-18)8-6-17(26)13-33-14-20(30-31-33)22(35)28-12-15-10-16(25)4-5-19(15)27/h4-5,7,9-11,14,17H,6,8,12-13H2,1-3H3,(H,28,35)(H,29,36). The van der Waals surface area contributed by atoms with E-state index >= 15 is 0 Å². The van der Waals surface area contributed by atoms with Crippen molar-refractivity contribution < 1.29 is 23.1 Å². The number of ether oxygens (including phenoxy) is 1. The number of halogens is 3. The van der Waals surface area contributed by atoms with Gasteiger partial charge in [-0.3, -0.25) is 14.9 Å². The van der Waals surface area contributed by atoms with E-state index in [4.69, 9.17) is 16.3 Å². The number of nitrogens with zero attached hydrogens (tertiary/aromatic N) is 4. The number of carbonyl (C=O) groups is 2. The first-order valence-electron chi connectivity index (χ1n) is 11.4. The van der Waals surface area contributed by atoms with Crippen molar-refractivity contribution >= 4 is 29.3 Å². The van der Waals surface area contributed by atoms with Gasteiger partial charge in [-0.1, -0.05) is 16.8 Å². The summed E-state index contributed by atoms with van der Waals surface area (Å²) >= 11 is 5.84. The molecule has 13 heteroatoms. The first-order valence-corrected chi connectivity index (χ1v) is 11.7. The molecule has 3 aromatic rings. The van der Waals surface area contributed by atoms with Crippen LogP contribution in [0.4, 0.5) is 19.3 Å². The minimum atomic E-state index is -1.38. The van der Waals surface area contributed by atoms with Crippen LogP contribution in [0.1, 0.15) is 43.2 Å². The maximum absolute atomic E-state index is 14.5. The number of anilines is 1. The van der Waals surface area contributed by atoms with E-state index in [0.717, 1.165) is 0 Å². The highest BCUT2D eigenvalue weighted by Gasteiger charge is 2.17. The van der Waals surface area contributed by atoms with Crippen LogP contribution < -0.4 is 16.2 Å². The number of nitrogens with one attached hydrogen (secondary N) is 2. The molecule has 2 N–H and O–H groups in total. The number of pyridine rings is 1. The third-order valence-electron chi connectivity index (χ3n) is 4.93. The third-order valence-corrected chi connectivity index (χ3v) is 5.16. The van der Waals surface area contributed by atoms with Crippen molar-refractivity contribution in [3.05, 3.63) is 75.2 Å². The Balaban J connectivity index is 1.48. The van der Waals surface area contributed by atoms with Crippen LogP contribution in [0.3, 0.4) is 0 Å². The Morgan fingerprint density at radius 3 is 2.68 bits per heavy atom. The molecule has 0 aliphatic heterocycles. The van der Waals surface area contributed by atoms with Crippen molar-refractivity contribution in [2.45, 2.75) is 58.6 Å². The zero-order valence-corrected chi connectivity index (χ0v) is 21.3. The van der Waals surface area contributed by atoms with Crippen molar-refractivity contribution in [1.29, 1.82) is 0 Å². The molecule has 0 saturated carbocycles. The second kappa shape index (κ2) is 12.0. The number of hydrogen-bond donors (Lipinski definition) is 2. The van der Waals surface area contributed by atoms with Crippen LogP contribution in [0.2, 0.25) is 5.02 Å². The van der Waals surface area contributed by atoms with Crippen LogP contribution in [-0.4, -0.2) is 43.3 Å². The molecule has 0 aliphatic rings. The number of benzene rings is 1. The Hall–Kier alpha value is -3.80. The van der Waals surface area contributed by atoms with E-state index in [0.29, 0.717) is 5.02 Å². The monoisotopic (exact) mass is 536 g/mol. The molecule has 3 rings (SSSR count). The molecule has 10 nitrogen and oxygen atoms in total. The summed E-state index contributed by atoms with van der Waals surface area (Å²) in [6.07, 6.45) is 0.645. The van der Waals surface area contributed by atoms with Gasteiger partial charge in [-0.15, -0.1) is 5.10 Å². The maximum atomic E-state index is 14.5. The zero-order chi connectivity index (χ0) is 27.2. The van der Waals surface area contributed by atoms with E-state index in [1.54, 1.807) is 20.8 Å². The molecular formula is C24H27ClF2N6O4. The largest absolute Gasteiger partial charge is 0.444 e. The topological polar surface area (TPSA) is 120 Å². The second-order valence-electron chi connectivity index (χ2n) is 9.20. The van der Waals surface area contributed by atoms with Gasteiger partial charge in [-0.2, -0.15) is 0 Å². The number of alkyl halides is 1. The molecule has 2 aromatic heterocycles. The van der Waals surface area contributed by atoms with Crippen LogP contribution in [0.15, 0.2) is 47.5 Å². The number of amides is 2. The third kappa shape index (κ3) is 8.67. The van der Waals surface area contributed by atoms with E-state index in [1.165, 1.54) is 52.0 Å². The van der Waals surface area contributed by atoms with Crippen LogP contribution in [-0.2, 0) is 24.4 Å². The molecular weight excluding hydrogens is 510 g/mol. The normalized spacial score (nSPS) is 12.2. The molecule has 37 heavy (non-hydrogen) atoms. The van der Waals surface area contributed by atoms with E-state index in [9.17, 15) is 23.2 Å². The first kappa shape index (κ1) is 27.8. The summed E-state index contributed by atoms with van der Waals surface area (Å²) in [5, 5.41) is 12.8. The summed E-state index contributed by atoms with van der Waals surface area (Å²) < 4.78 is 36.0. The summed E-state index contributed by atoms with van der Waals surface area (Å²) in [4.78, 5) is 36.4. The Morgan fingerprint density at radius 2 is 1.97 bits per heavy atom. The molecule has 0 bridgehead atoms. The van der Waals surface area contributed by atoms with Gasteiger partial charge < -0.3 is 14.6 Å². The fraction of sp³-hybridized carbons (Fsp3) is 0.375. The van der Waals surface area contributed by atoms with Crippen molar-refractivity contribution in [1.82, 2.24) is 24.9 Å². The van der Waals surface area contributed by atoms with Crippen LogP contribution in [0.5, 0.6) is 0 Å². The highest BCUT2D eigenvalue weighted by Crippen LogP contribution is 2.15. The number of hydrogen-bond acceptors (Lipinski definition) is 6. The SMILES string of the molecule is CC(C)(C)OC(=O)Nc1ccn(CCC(F)Cn2cc(C(=O)NCc3cc(Cl)ccc3F)nn2)c(=O)c1. The van der Waals surface area contributed by atoms with Crippen LogP contribution >= 0.6 is 11.6 Å². The minimum Gasteiger partial charge on any atom is -0.444 e. The van der Waals surface area contributed by atoms with Gasteiger partial charge in [0, 0.05) is 35.9 Å². The van der Waals surface area contributed by atoms with Gasteiger partial charge in [-0.25, -0.2) is 18.3 Å². The molecule has 1 aromatic carbocycles. The Labute approximate surface area is 216 Å². The smallest absolute Gasteiger partial charge is 0.412 e. The molecule has 198 valence electrons. The van der Waals surface area contributed by atoms with Crippen LogP contribution in [0.25, 0.3) is 0 Å². The highest BCUT2D eigenvalue weighted by atomic mass is 35.5. The predicted molar refractivity (Wildman–Crippen MR) is 133 cm³/mol. The van der Waals surface area contributed by atoms with Gasteiger partial charge >= 0.3 is 6.09 Å². The average Bonchev–Trinajstić information content (AvgIpc) is 3.26. The highest BCUT2D eigenvalue weighted by molar-refractivity contribution is 6.30. The van der Waals surface area contributed by atoms with E-state index in [-0.39, 0.29) is 43.0 Å². The Kier molecular flexibility index (Phi) is 8.98. The van der Waals surface area contributed by atoms with Gasteiger partial charge in [0.05, 0.1) is 18.4 Å². The van der Waals surface area contributed by atoms with Gasteiger partial charge in [0.1, 0.15) is 17.6 Å². The predicted octanol–water partition coefficient (Wildman–Crippen LogP) is 3.94. The fourth-order valence-corrected chi connectivity index (χ4v) is 3.40. The molecule has 1 unspecified atom stereocenters. The zero-order valence-electron chi connectivity index (χ0n) is 20.5. The number of aromatic nitrogens is 4. The van der Waals surface area contributed by atoms with E-state index in [2.05, 4.69) is 20.9 Å². The van der Waals surface area contributed by atoms with Gasteiger partial charge in [0.15, 0.2) is 5.69 Å². The average molecular weight is 537 g/mol. The molecule has 0 fully saturated rings. The van der Waals surface area contributed by atoms with E-state index in [1.807, 2.05) is 0 Å². The Bertz CT molecular complexity index is 1320. The second-order valence-corrected chi connectivity index (χ2v) is 9.64. The molecule has 0 radical (unpaired) electrons. The minimum absolute atomic E-state index is 0.00577. The lowest BCUT2D eigenvalue weighted by Crippen LogP contribution is -2.28. The molecule has 0 saturated heterocycles. The molecule has 2 amide bonds. The lowest BCUT2D eigenvalue weighted by molar-refractivity contribution is 0.0635. The lowest BCUT2D eigenvalue weighted by Gasteiger charge is -2.19. The molecule has 0 spiro atoms. The summed E-state index contributed by atoms with van der Waals surface area (Å²) in [7, 11) is 0. The molecule has 1 atom stereocenters. The first-order chi connectivity index (χ1) is 17.4. The fourth-order valence-electron chi connectivity index (χ4n) is 3.20. The number of aryl methyl sites for hydroxylation is 1. The van der Waals surface area contributed by atoms with Crippen LogP contribution in [0, 0.1) is 5.82 Å². The van der Waals surface area contributed by atoms with Crippen molar-refractivity contribution in [2.75, 3.05) is 5.32 Å². The quantitative estimate of drug-likeness (QED) is 0.427. The summed E-state index contributed by atoms with van der Waals surface area (Å²) in [6, 6.07) is 6.73. The number of carbonyl (C=O) groups excluding carboxylic acids is 2. The summed E-state index contributed by atoms with van der Waals surface area (Å²) in [5.41, 5.74) is -0.685. The van der Waals surface area contributed by atoms with Gasteiger partial charge in [0.25, 0.3) is 11.5 Å². The van der Waals surface area contributed by atoms with Crippen molar-refractivity contribution in [2.24, 2.45) is 0 Å². The molecule has 2 heterocycles. The maximum Gasteiger partial charge on any atom is 0.412 e. The Morgan fingerprint density at radius 1 is 1.22 bits per heavy atom.